The molecule has 7 heteroatoms. The van der Waals surface area contributed by atoms with Crippen molar-refractivity contribution in [1.82, 2.24) is 5.32 Å². The van der Waals surface area contributed by atoms with Crippen LogP contribution in [0.3, 0.4) is 0 Å². The molecule has 1 unspecified atom stereocenters. The van der Waals surface area contributed by atoms with Gasteiger partial charge in [-0.2, -0.15) is 0 Å². The van der Waals surface area contributed by atoms with Crippen molar-refractivity contribution in [3.8, 4) is 0 Å². The zero-order valence-electron chi connectivity index (χ0n) is 11.2. The molecule has 1 heterocycles. The summed E-state index contributed by atoms with van der Waals surface area (Å²) in [6.45, 7) is 1.90. The van der Waals surface area contributed by atoms with E-state index in [2.05, 4.69) is 26.6 Å². The van der Waals surface area contributed by atoms with Gasteiger partial charge in [-0.05, 0) is 52.0 Å². The lowest BCUT2D eigenvalue weighted by molar-refractivity contribution is 0.0943. The van der Waals surface area contributed by atoms with E-state index < -0.39 is 6.03 Å². The second kappa shape index (κ2) is 6.73. The van der Waals surface area contributed by atoms with Gasteiger partial charge < -0.3 is 16.4 Å². The van der Waals surface area contributed by atoms with Gasteiger partial charge in [0, 0.05) is 10.2 Å². The molecule has 110 valence electrons. The number of thiophene rings is 1. The Hall–Kier alpha value is -1.86. The van der Waals surface area contributed by atoms with Crippen LogP contribution in [0.5, 0.6) is 0 Å². The summed E-state index contributed by atoms with van der Waals surface area (Å²) in [5.41, 5.74) is 6.60. The zero-order chi connectivity index (χ0) is 15.4. The lowest BCUT2D eigenvalue weighted by Crippen LogP contribution is -2.26. The van der Waals surface area contributed by atoms with E-state index in [4.69, 9.17) is 5.73 Å². The average molecular weight is 368 g/mol. The van der Waals surface area contributed by atoms with Crippen molar-refractivity contribution in [2.75, 3.05) is 5.32 Å². The maximum atomic E-state index is 12.1. The standard InChI is InChI=1S/C14H14BrN3O2S/c1-8(17-13(19)12-11(15)6-7-21-12)9-2-4-10(5-3-9)18-14(16)20/h2-8H,1H3,(H,17,19)(H3,16,18,20). The summed E-state index contributed by atoms with van der Waals surface area (Å²) in [4.78, 5) is 23.5. The van der Waals surface area contributed by atoms with Gasteiger partial charge in [0.25, 0.3) is 5.91 Å². The van der Waals surface area contributed by atoms with Crippen LogP contribution >= 0.6 is 27.3 Å². The molecule has 1 aromatic carbocycles. The molecular formula is C14H14BrN3O2S. The smallest absolute Gasteiger partial charge is 0.316 e. The van der Waals surface area contributed by atoms with Gasteiger partial charge in [-0.25, -0.2) is 4.79 Å². The number of carbonyl (C=O) groups excluding carboxylic acids is 2. The number of nitrogens with two attached hydrogens (primary N) is 1. The highest BCUT2D eigenvalue weighted by Crippen LogP contribution is 2.24. The van der Waals surface area contributed by atoms with Gasteiger partial charge in [0.05, 0.1) is 6.04 Å². The second-order valence-electron chi connectivity index (χ2n) is 4.40. The second-order valence-corrected chi connectivity index (χ2v) is 6.17. The van der Waals surface area contributed by atoms with Crippen LogP contribution in [0.25, 0.3) is 0 Å². The molecule has 0 spiro atoms. The lowest BCUT2D eigenvalue weighted by atomic mass is 10.1. The average Bonchev–Trinajstić information content (AvgIpc) is 2.85. The molecule has 0 bridgehead atoms. The predicted octanol–water partition coefficient (Wildman–Crippen LogP) is 3.49. The Labute approximate surface area is 134 Å². The van der Waals surface area contributed by atoms with E-state index in [0.717, 1.165) is 10.0 Å². The first-order valence-corrected chi connectivity index (χ1v) is 7.85. The number of amides is 3. The van der Waals surface area contributed by atoms with Crippen LogP contribution in [0.4, 0.5) is 10.5 Å². The van der Waals surface area contributed by atoms with Gasteiger partial charge in [-0.1, -0.05) is 12.1 Å². The van der Waals surface area contributed by atoms with Crippen molar-refractivity contribution < 1.29 is 9.59 Å². The molecule has 2 aromatic rings. The van der Waals surface area contributed by atoms with Crippen molar-refractivity contribution in [2.24, 2.45) is 5.73 Å². The van der Waals surface area contributed by atoms with E-state index in [-0.39, 0.29) is 11.9 Å². The van der Waals surface area contributed by atoms with Crippen LogP contribution in [0, 0.1) is 0 Å². The molecule has 1 aromatic heterocycles. The minimum atomic E-state index is -0.605. The number of urea groups is 1. The first kappa shape index (κ1) is 15.5. The summed E-state index contributed by atoms with van der Waals surface area (Å²) in [5.74, 6) is -0.122. The summed E-state index contributed by atoms with van der Waals surface area (Å²) in [5, 5.41) is 7.27. The molecule has 0 aliphatic carbocycles. The number of nitrogens with one attached hydrogen (secondary N) is 2. The highest BCUT2D eigenvalue weighted by molar-refractivity contribution is 9.10. The molecule has 5 nitrogen and oxygen atoms in total. The van der Waals surface area contributed by atoms with Crippen LogP contribution in [-0.4, -0.2) is 11.9 Å². The highest BCUT2D eigenvalue weighted by atomic mass is 79.9. The number of anilines is 1. The van der Waals surface area contributed by atoms with E-state index in [0.29, 0.717) is 10.6 Å². The Morgan fingerprint density at radius 3 is 2.43 bits per heavy atom. The minimum Gasteiger partial charge on any atom is -0.351 e. The third-order valence-electron chi connectivity index (χ3n) is 2.85. The number of carbonyl (C=O) groups is 2. The first-order chi connectivity index (χ1) is 9.97. The largest absolute Gasteiger partial charge is 0.351 e. The number of benzene rings is 1. The van der Waals surface area contributed by atoms with Crippen molar-refractivity contribution in [3.63, 3.8) is 0 Å². The van der Waals surface area contributed by atoms with Gasteiger partial charge in [0.1, 0.15) is 4.88 Å². The maximum Gasteiger partial charge on any atom is 0.316 e. The predicted molar refractivity (Wildman–Crippen MR) is 87.5 cm³/mol. The fourth-order valence-corrected chi connectivity index (χ4v) is 3.25. The highest BCUT2D eigenvalue weighted by Gasteiger charge is 2.15. The Balaban J connectivity index is 2.03. The molecule has 0 aliphatic rings. The van der Waals surface area contributed by atoms with Crippen LogP contribution in [0.1, 0.15) is 28.2 Å². The van der Waals surface area contributed by atoms with E-state index in [1.54, 1.807) is 12.1 Å². The third kappa shape index (κ3) is 4.05. The maximum absolute atomic E-state index is 12.1. The molecular weight excluding hydrogens is 354 g/mol. The molecule has 3 amide bonds. The van der Waals surface area contributed by atoms with Crippen LogP contribution in [0.2, 0.25) is 0 Å². The van der Waals surface area contributed by atoms with Gasteiger partial charge in [-0.3, -0.25) is 4.79 Å². The molecule has 2 rings (SSSR count). The molecule has 4 N–H and O–H groups in total. The van der Waals surface area contributed by atoms with Crippen molar-refractivity contribution in [2.45, 2.75) is 13.0 Å². The molecule has 1 atom stereocenters. The van der Waals surface area contributed by atoms with E-state index in [1.165, 1.54) is 11.3 Å². The van der Waals surface area contributed by atoms with E-state index in [1.807, 2.05) is 30.5 Å². The summed E-state index contributed by atoms with van der Waals surface area (Å²) in [6, 6.07) is 8.24. The summed E-state index contributed by atoms with van der Waals surface area (Å²) < 4.78 is 0.790. The van der Waals surface area contributed by atoms with Crippen LogP contribution in [0.15, 0.2) is 40.2 Å². The normalized spacial score (nSPS) is 11.7. The number of hydrogen-bond acceptors (Lipinski definition) is 3. The summed E-state index contributed by atoms with van der Waals surface area (Å²) in [6.07, 6.45) is 0. The Morgan fingerprint density at radius 2 is 1.90 bits per heavy atom. The van der Waals surface area contributed by atoms with Crippen LogP contribution in [-0.2, 0) is 0 Å². The van der Waals surface area contributed by atoms with E-state index >= 15 is 0 Å². The van der Waals surface area contributed by atoms with Crippen molar-refractivity contribution >= 4 is 44.9 Å². The lowest BCUT2D eigenvalue weighted by Gasteiger charge is -2.14. The SMILES string of the molecule is CC(NC(=O)c1sccc1Br)c1ccc(NC(N)=O)cc1. The van der Waals surface area contributed by atoms with Crippen molar-refractivity contribution in [1.29, 1.82) is 0 Å². The summed E-state index contributed by atoms with van der Waals surface area (Å²) in [7, 11) is 0. The van der Waals surface area contributed by atoms with Gasteiger partial charge in [0.15, 0.2) is 0 Å². The topological polar surface area (TPSA) is 84.2 Å². The number of primary amides is 1. The Kier molecular flexibility index (Phi) is 4.98. The first-order valence-electron chi connectivity index (χ1n) is 6.17. The van der Waals surface area contributed by atoms with E-state index in [9.17, 15) is 9.59 Å². The summed E-state index contributed by atoms with van der Waals surface area (Å²) >= 11 is 4.73. The fraction of sp³-hybridized carbons (Fsp3) is 0.143. The monoisotopic (exact) mass is 367 g/mol. The third-order valence-corrected chi connectivity index (χ3v) is 4.69. The molecule has 0 saturated heterocycles. The number of rotatable bonds is 4. The number of hydrogen-bond donors (Lipinski definition) is 3. The minimum absolute atomic E-state index is 0.122. The molecule has 21 heavy (non-hydrogen) atoms. The molecule has 0 radical (unpaired) electrons. The van der Waals surface area contributed by atoms with Gasteiger partial charge in [0.2, 0.25) is 0 Å². The number of halogens is 1. The quantitative estimate of drug-likeness (QED) is 0.772. The zero-order valence-corrected chi connectivity index (χ0v) is 13.6. The Morgan fingerprint density at radius 1 is 1.24 bits per heavy atom. The molecule has 0 saturated carbocycles. The molecule has 0 fully saturated rings. The van der Waals surface area contributed by atoms with Crippen molar-refractivity contribution in [3.05, 3.63) is 50.6 Å². The van der Waals surface area contributed by atoms with Gasteiger partial charge in [-0.15, -0.1) is 11.3 Å². The fourth-order valence-electron chi connectivity index (χ4n) is 1.80. The molecule has 0 aliphatic heterocycles. The Bertz CT molecular complexity index is 654. The van der Waals surface area contributed by atoms with Crippen LogP contribution < -0.4 is 16.4 Å². The van der Waals surface area contributed by atoms with Gasteiger partial charge >= 0.3 is 6.03 Å².